The van der Waals surface area contributed by atoms with Crippen LogP contribution in [0.1, 0.15) is 13.3 Å². The highest BCUT2D eigenvalue weighted by Crippen LogP contribution is 1.98. The zero-order chi connectivity index (χ0) is 6.41. The molecule has 1 unspecified atom stereocenters. The Hall–Kier alpha value is 0.310. The van der Waals surface area contributed by atoms with Gasteiger partial charge in [-0.1, -0.05) is 0 Å². The van der Waals surface area contributed by atoms with Crippen molar-refractivity contribution in [1.29, 1.82) is 0 Å². The number of thioether (sulfide) groups is 1. The zero-order valence-electron chi connectivity index (χ0n) is 5.90. The second-order valence-electron chi connectivity index (χ2n) is 1.97. The Kier molecular flexibility index (Phi) is 5.66. The van der Waals surface area contributed by atoms with Gasteiger partial charge in [0.2, 0.25) is 0 Å². The van der Waals surface area contributed by atoms with Crippen molar-refractivity contribution in [1.82, 2.24) is 5.32 Å². The fraction of sp³-hybridized carbons (Fsp3) is 1.00. The summed E-state index contributed by atoms with van der Waals surface area (Å²) in [6.45, 7) is 2.20. The summed E-state index contributed by atoms with van der Waals surface area (Å²) in [5.41, 5.74) is 0. The molecule has 0 aromatic heterocycles. The van der Waals surface area contributed by atoms with Gasteiger partial charge in [0.25, 0.3) is 0 Å². The van der Waals surface area contributed by atoms with Crippen LogP contribution in [0.2, 0.25) is 0 Å². The second kappa shape index (κ2) is 5.45. The Bertz CT molecular complexity index is 47.8. The van der Waals surface area contributed by atoms with E-state index in [0.717, 1.165) is 0 Å². The molecule has 0 rings (SSSR count). The molecule has 8 heavy (non-hydrogen) atoms. The highest BCUT2D eigenvalue weighted by atomic mass is 32.2. The molecule has 0 aromatic rings. The predicted octanol–water partition coefficient (Wildman–Crippen LogP) is 1.35. The van der Waals surface area contributed by atoms with Gasteiger partial charge in [0, 0.05) is 6.04 Å². The van der Waals surface area contributed by atoms with Crippen molar-refractivity contribution in [3.05, 3.63) is 0 Å². The molecule has 0 heterocycles. The molecule has 0 bridgehead atoms. The lowest BCUT2D eigenvalue weighted by atomic mass is 10.3. The SMILES string of the molecule is CNC(C)CCSC. The predicted molar refractivity (Wildman–Crippen MR) is 41.5 cm³/mol. The third kappa shape index (κ3) is 4.47. The highest BCUT2D eigenvalue weighted by molar-refractivity contribution is 7.98. The largest absolute Gasteiger partial charge is 0.317 e. The van der Waals surface area contributed by atoms with Gasteiger partial charge in [0.15, 0.2) is 0 Å². The van der Waals surface area contributed by atoms with E-state index in [1.807, 2.05) is 18.8 Å². The van der Waals surface area contributed by atoms with Gasteiger partial charge in [-0.05, 0) is 32.4 Å². The van der Waals surface area contributed by atoms with Crippen LogP contribution in [0, 0.1) is 0 Å². The van der Waals surface area contributed by atoms with Gasteiger partial charge in [0.1, 0.15) is 0 Å². The van der Waals surface area contributed by atoms with Crippen molar-refractivity contribution >= 4 is 11.8 Å². The Morgan fingerprint density at radius 3 is 2.62 bits per heavy atom. The van der Waals surface area contributed by atoms with E-state index in [4.69, 9.17) is 0 Å². The molecule has 1 atom stereocenters. The highest BCUT2D eigenvalue weighted by Gasteiger charge is 1.93. The fourth-order valence-electron chi connectivity index (χ4n) is 0.439. The summed E-state index contributed by atoms with van der Waals surface area (Å²) in [6, 6.07) is 0.683. The van der Waals surface area contributed by atoms with Gasteiger partial charge >= 0.3 is 0 Å². The van der Waals surface area contributed by atoms with E-state index in [9.17, 15) is 0 Å². The smallest absolute Gasteiger partial charge is 0.00435 e. The second-order valence-corrected chi connectivity index (χ2v) is 2.96. The first-order chi connectivity index (χ1) is 3.81. The topological polar surface area (TPSA) is 12.0 Å². The van der Waals surface area contributed by atoms with Crippen LogP contribution in [-0.2, 0) is 0 Å². The van der Waals surface area contributed by atoms with Gasteiger partial charge in [0.05, 0.1) is 0 Å². The molecule has 0 aliphatic rings. The van der Waals surface area contributed by atoms with E-state index in [0.29, 0.717) is 6.04 Å². The molecule has 0 fully saturated rings. The molecule has 50 valence electrons. The van der Waals surface area contributed by atoms with E-state index in [-0.39, 0.29) is 0 Å². The van der Waals surface area contributed by atoms with Crippen molar-refractivity contribution in [2.75, 3.05) is 19.1 Å². The Labute approximate surface area is 56.2 Å². The Morgan fingerprint density at radius 1 is 1.62 bits per heavy atom. The normalized spacial score (nSPS) is 13.9. The van der Waals surface area contributed by atoms with Gasteiger partial charge in [-0.15, -0.1) is 0 Å². The standard InChI is InChI=1S/C6H15NS/c1-6(7-2)4-5-8-3/h6-7H,4-5H2,1-3H3. The maximum atomic E-state index is 3.19. The minimum absolute atomic E-state index is 0.683. The summed E-state index contributed by atoms with van der Waals surface area (Å²) in [5.74, 6) is 1.27. The number of nitrogens with one attached hydrogen (secondary N) is 1. The molecule has 2 heteroatoms. The minimum atomic E-state index is 0.683. The van der Waals surface area contributed by atoms with E-state index in [2.05, 4.69) is 18.5 Å². The molecule has 0 aliphatic heterocycles. The summed E-state index contributed by atoms with van der Waals surface area (Å²) < 4.78 is 0. The molecule has 0 aliphatic carbocycles. The maximum absolute atomic E-state index is 3.19. The van der Waals surface area contributed by atoms with Crippen molar-refractivity contribution in [3.63, 3.8) is 0 Å². The third-order valence-electron chi connectivity index (χ3n) is 1.25. The van der Waals surface area contributed by atoms with Crippen LogP contribution in [0.3, 0.4) is 0 Å². The maximum Gasteiger partial charge on any atom is 0.00435 e. The van der Waals surface area contributed by atoms with Gasteiger partial charge in [-0.3, -0.25) is 0 Å². The van der Waals surface area contributed by atoms with Crippen LogP contribution in [0.15, 0.2) is 0 Å². The third-order valence-corrected chi connectivity index (χ3v) is 1.89. The molecule has 0 spiro atoms. The van der Waals surface area contributed by atoms with E-state index in [1.54, 1.807) is 0 Å². The summed E-state index contributed by atoms with van der Waals surface area (Å²) in [6.07, 6.45) is 3.42. The van der Waals surface area contributed by atoms with Crippen LogP contribution in [-0.4, -0.2) is 25.1 Å². The molecule has 0 saturated heterocycles. The van der Waals surface area contributed by atoms with Gasteiger partial charge in [-0.25, -0.2) is 0 Å². The lowest BCUT2D eigenvalue weighted by Gasteiger charge is -2.06. The summed E-state index contributed by atoms with van der Waals surface area (Å²) in [7, 11) is 2.00. The lowest BCUT2D eigenvalue weighted by Crippen LogP contribution is -2.21. The van der Waals surface area contributed by atoms with Crippen LogP contribution >= 0.6 is 11.8 Å². The van der Waals surface area contributed by atoms with Gasteiger partial charge in [-0.2, -0.15) is 11.8 Å². The first-order valence-corrected chi connectivity index (χ1v) is 4.37. The van der Waals surface area contributed by atoms with Crippen molar-refractivity contribution < 1.29 is 0 Å². The molecule has 1 N–H and O–H groups in total. The lowest BCUT2D eigenvalue weighted by molar-refractivity contribution is 0.598. The molecule has 0 radical (unpaired) electrons. The molecular weight excluding hydrogens is 118 g/mol. The van der Waals surface area contributed by atoms with E-state index >= 15 is 0 Å². The fourth-order valence-corrected chi connectivity index (χ4v) is 1.03. The van der Waals surface area contributed by atoms with Crippen molar-refractivity contribution in [2.45, 2.75) is 19.4 Å². The average molecular weight is 133 g/mol. The van der Waals surface area contributed by atoms with Crippen LogP contribution in [0.4, 0.5) is 0 Å². The van der Waals surface area contributed by atoms with Gasteiger partial charge < -0.3 is 5.32 Å². The molecular formula is C6H15NS. The first-order valence-electron chi connectivity index (χ1n) is 2.97. The monoisotopic (exact) mass is 133 g/mol. The van der Waals surface area contributed by atoms with E-state index < -0.39 is 0 Å². The van der Waals surface area contributed by atoms with Crippen molar-refractivity contribution in [2.24, 2.45) is 0 Å². The average Bonchev–Trinajstić information content (AvgIpc) is 1.83. The summed E-state index contributed by atoms with van der Waals surface area (Å²) in [5, 5.41) is 3.19. The van der Waals surface area contributed by atoms with Crippen molar-refractivity contribution in [3.8, 4) is 0 Å². The Morgan fingerprint density at radius 2 is 2.25 bits per heavy atom. The quantitative estimate of drug-likeness (QED) is 0.621. The number of hydrogen-bond acceptors (Lipinski definition) is 2. The first kappa shape index (κ1) is 8.31. The minimum Gasteiger partial charge on any atom is -0.317 e. The molecule has 1 nitrogen and oxygen atoms in total. The van der Waals surface area contributed by atoms with Crippen LogP contribution < -0.4 is 5.32 Å². The Balaban J connectivity index is 2.86. The van der Waals surface area contributed by atoms with E-state index in [1.165, 1.54) is 12.2 Å². The van der Waals surface area contributed by atoms with Crippen LogP contribution in [0.5, 0.6) is 0 Å². The zero-order valence-corrected chi connectivity index (χ0v) is 6.72. The molecule has 0 aromatic carbocycles. The summed E-state index contributed by atoms with van der Waals surface area (Å²) >= 11 is 1.91. The number of hydrogen-bond donors (Lipinski definition) is 1. The summed E-state index contributed by atoms with van der Waals surface area (Å²) in [4.78, 5) is 0. The van der Waals surface area contributed by atoms with Crippen LogP contribution in [0.25, 0.3) is 0 Å². The number of rotatable bonds is 4. The molecule has 0 amide bonds. The molecule has 0 saturated carbocycles.